The molecule has 1 aliphatic heterocycles. The van der Waals surface area contributed by atoms with Crippen LogP contribution in [0.5, 0.6) is 0 Å². The molecule has 0 spiro atoms. The molecular formula is C13H14ClN3O. The summed E-state index contributed by atoms with van der Waals surface area (Å²) in [6, 6.07) is 7.43. The second-order valence-corrected chi connectivity index (χ2v) is 4.91. The summed E-state index contributed by atoms with van der Waals surface area (Å²) < 4.78 is 5.76. The first-order valence-electron chi connectivity index (χ1n) is 6.13. The van der Waals surface area contributed by atoms with E-state index in [0.29, 0.717) is 16.8 Å². The molecule has 2 heterocycles. The molecule has 18 heavy (non-hydrogen) atoms. The van der Waals surface area contributed by atoms with Crippen molar-refractivity contribution in [3.63, 3.8) is 0 Å². The van der Waals surface area contributed by atoms with Crippen molar-refractivity contribution < 1.29 is 4.42 Å². The van der Waals surface area contributed by atoms with Gasteiger partial charge in [0, 0.05) is 16.5 Å². The highest BCUT2D eigenvalue weighted by molar-refractivity contribution is 6.30. The largest absolute Gasteiger partial charge is 0.420 e. The normalized spacial score (nSPS) is 16.9. The molecule has 94 valence electrons. The summed E-state index contributed by atoms with van der Waals surface area (Å²) in [4.78, 5) is 0. The molecule has 1 aromatic carbocycles. The summed E-state index contributed by atoms with van der Waals surface area (Å²) in [5.41, 5.74) is 0.909. The minimum Gasteiger partial charge on any atom is -0.420 e. The Kier molecular flexibility index (Phi) is 3.30. The van der Waals surface area contributed by atoms with Crippen molar-refractivity contribution >= 4 is 11.6 Å². The SMILES string of the molecule is Clc1ccc(-c2nnc(C3CCNCC3)o2)cc1. The summed E-state index contributed by atoms with van der Waals surface area (Å²) >= 11 is 5.85. The van der Waals surface area contributed by atoms with E-state index in [9.17, 15) is 0 Å². The Morgan fingerprint density at radius 2 is 1.83 bits per heavy atom. The number of benzene rings is 1. The minimum absolute atomic E-state index is 0.389. The number of nitrogens with one attached hydrogen (secondary N) is 1. The van der Waals surface area contributed by atoms with Crippen molar-refractivity contribution in [1.82, 2.24) is 15.5 Å². The number of aromatic nitrogens is 2. The topological polar surface area (TPSA) is 51.0 Å². The minimum atomic E-state index is 0.389. The zero-order valence-electron chi connectivity index (χ0n) is 9.90. The first kappa shape index (κ1) is 11.7. The third-order valence-corrected chi connectivity index (χ3v) is 3.47. The Morgan fingerprint density at radius 3 is 2.56 bits per heavy atom. The number of hydrogen-bond acceptors (Lipinski definition) is 4. The fraction of sp³-hybridized carbons (Fsp3) is 0.385. The van der Waals surface area contributed by atoms with Gasteiger partial charge in [0.1, 0.15) is 0 Å². The zero-order chi connectivity index (χ0) is 12.4. The highest BCUT2D eigenvalue weighted by atomic mass is 35.5. The maximum absolute atomic E-state index is 5.85. The quantitative estimate of drug-likeness (QED) is 0.905. The van der Waals surface area contributed by atoms with Crippen molar-refractivity contribution in [2.24, 2.45) is 0 Å². The van der Waals surface area contributed by atoms with Gasteiger partial charge in [0.2, 0.25) is 11.8 Å². The van der Waals surface area contributed by atoms with Gasteiger partial charge in [-0.1, -0.05) is 11.6 Å². The van der Waals surface area contributed by atoms with E-state index >= 15 is 0 Å². The van der Waals surface area contributed by atoms with E-state index in [2.05, 4.69) is 15.5 Å². The average Bonchev–Trinajstić information content (AvgIpc) is 2.90. The van der Waals surface area contributed by atoms with E-state index in [1.54, 1.807) is 0 Å². The fourth-order valence-electron chi connectivity index (χ4n) is 2.18. The van der Waals surface area contributed by atoms with Crippen LogP contribution < -0.4 is 5.32 Å². The summed E-state index contributed by atoms with van der Waals surface area (Å²) in [6.45, 7) is 2.03. The van der Waals surface area contributed by atoms with Crippen LogP contribution in [-0.4, -0.2) is 23.3 Å². The molecule has 1 fully saturated rings. The third kappa shape index (κ3) is 2.40. The van der Waals surface area contributed by atoms with Gasteiger partial charge in [-0.25, -0.2) is 0 Å². The van der Waals surface area contributed by atoms with Gasteiger partial charge in [-0.15, -0.1) is 10.2 Å². The fourth-order valence-corrected chi connectivity index (χ4v) is 2.30. The van der Waals surface area contributed by atoms with E-state index in [-0.39, 0.29) is 0 Å². The van der Waals surface area contributed by atoms with Gasteiger partial charge >= 0.3 is 0 Å². The van der Waals surface area contributed by atoms with Crippen molar-refractivity contribution in [1.29, 1.82) is 0 Å². The van der Waals surface area contributed by atoms with Crippen LogP contribution >= 0.6 is 11.6 Å². The maximum atomic E-state index is 5.85. The van der Waals surface area contributed by atoms with Crippen LogP contribution in [0.25, 0.3) is 11.5 Å². The summed E-state index contributed by atoms with van der Waals surface area (Å²) in [6.07, 6.45) is 2.12. The maximum Gasteiger partial charge on any atom is 0.247 e. The second-order valence-electron chi connectivity index (χ2n) is 4.48. The van der Waals surface area contributed by atoms with Gasteiger partial charge in [0.15, 0.2) is 0 Å². The highest BCUT2D eigenvalue weighted by Gasteiger charge is 2.21. The van der Waals surface area contributed by atoms with E-state index in [4.69, 9.17) is 16.0 Å². The second kappa shape index (κ2) is 5.08. The Bertz CT molecular complexity index is 517. The molecule has 4 nitrogen and oxygen atoms in total. The highest BCUT2D eigenvalue weighted by Crippen LogP contribution is 2.27. The first-order chi connectivity index (χ1) is 8.83. The molecule has 5 heteroatoms. The van der Waals surface area contributed by atoms with Crippen LogP contribution in [-0.2, 0) is 0 Å². The van der Waals surface area contributed by atoms with Crippen LogP contribution in [0.1, 0.15) is 24.7 Å². The smallest absolute Gasteiger partial charge is 0.247 e. The Hall–Kier alpha value is -1.39. The van der Waals surface area contributed by atoms with Crippen LogP contribution in [0.15, 0.2) is 28.7 Å². The van der Waals surface area contributed by atoms with Crippen LogP contribution in [0, 0.1) is 0 Å². The lowest BCUT2D eigenvalue weighted by Gasteiger charge is -2.18. The van der Waals surface area contributed by atoms with E-state index < -0.39 is 0 Å². The number of nitrogens with zero attached hydrogens (tertiary/aromatic N) is 2. The van der Waals surface area contributed by atoms with Crippen molar-refractivity contribution in [2.75, 3.05) is 13.1 Å². The molecule has 0 bridgehead atoms. The molecule has 1 saturated heterocycles. The first-order valence-corrected chi connectivity index (χ1v) is 6.51. The Balaban J connectivity index is 1.82. The predicted molar refractivity (Wildman–Crippen MR) is 69.6 cm³/mol. The number of rotatable bonds is 2. The lowest BCUT2D eigenvalue weighted by Crippen LogP contribution is -2.26. The van der Waals surface area contributed by atoms with Gasteiger partial charge in [-0.05, 0) is 50.2 Å². The molecule has 0 amide bonds. The van der Waals surface area contributed by atoms with Crippen LogP contribution in [0.2, 0.25) is 5.02 Å². The van der Waals surface area contributed by atoms with Crippen molar-refractivity contribution in [2.45, 2.75) is 18.8 Å². The van der Waals surface area contributed by atoms with Gasteiger partial charge < -0.3 is 9.73 Å². The van der Waals surface area contributed by atoms with E-state index in [1.807, 2.05) is 24.3 Å². The molecule has 0 atom stereocenters. The zero-order valence-corrected chi connectivity index (χ0v) is 10.7. The van der Waals surface area contributed by atoms with Crippen LogP contribution in [0.4, 0.5) is 0 Å². The molecule has 3 rings (SSSR count). The molecule has 0 saturated carbocycles. The van der Waals surface area contributed by atoms with E-state index in [0.717, 1.165) is 37.4 Å². The molecule has 0 unspecified atom stereocenters. The van der Waals surface area contributed by atoms with Gasteiger partial charge in [0.05, 0.1) is 0 Å². The number of halogens is 1. The number of hydrogen-bond donors (Lipinski definition) is 1. The van der Waals surface area contributed by atoms with Gasteiger partial charge in [-0.2, -0.15) is 0 Å². The van der Waals surface area contributed by atoms with Gasteiger partial charge in [0.25, 0.3) is 0 Å². The van der Waals surface area contributed by atoms with E-state index in [1.165, 1.54) is 0 Å². The lowest BCUT2D eigenvalue weighted by molar-refractivity contribution is 0.378. The third-order valence-electron chi connectivity index (χ3n) is 3.22. The van der Waals surface area contributed by atoms with Gasteiger partial charge in [-0.3, -0.25) is 0 Å². The average molecular weight is 264 g/mol. The molecule has 1 N–H and O–H groups in total. The molecule has 1 aromatic heterocycles. The summed E-state index contributed by atoms with van der Waals surface area (Å²) in [5, 5.41) is 12.3. The van der Waals surface area contributed by atoms with Crippen LogP contribution in [0.3, 0.4) is 0 Å². The standard InChI is InChI=1S/C13H14ClN3O/c14-11-3-1-9(2-4-11)12-16-17-13(18-12)10-5-7-15-8-6-10/h1-4,10,15H,5-8H2. The molecule has 0 aliphatic carbocycles. The Morgan fingerprint density at radius 1 is 1.11 bits per heavy atom. The lowest BCUT2D eigenvalue weighted by atomic mass is 9.98. The van der Waals surface area contributed by atoms with Crippen molar-refractivity contribution in [3.8, 4) is 11.5 Å². The molecular weight excluding hydrogens is 250 g/mol. The summed E-state index contributed by atoms with van der Waals surface area (Å²) in [5.74, 6) is 1.71. The number of piperidine rings is 1. The molecule has 1 aliphatic rings. The Labute approximate surface area is 110 Å². The predicted octanol–water partition coefficient (Wildman–Crippen LogP) is 2.86. The molecule has 0 radical (unpaired) electrons. The monoisotopic (exact) mass is 263 g/mol. The van der Waals surface area contributed by atoms with Crippen molar-refractivity contribution in [3.05, 3.63) is 35.2 Å². The summed E-state index contributed by atoms with van der Waals surface area (Å²) in [7, 11) is 0. The molecule has 2 aromatic rings.